The first kappa shape index (κ1) is 27.2. The molecule has 38 heavy (non-hydrogen) atoms. The van der Waals surface area contributed by atoms with Gasteiger partial charge in [0.2, 0.25) is 11.8 Å². The van der Waals surface area contributed by atoms with E-state index in [9.17, 15) is 16.8 Å². The van der Waals surface area contributed by atoms with Gasteiger partial charge in [0.1, 0.15) is 0 Å². The second kappa shape index (κ2) is 10.7. The summed E-state index contributed by atoms with van der Waals surface area (Å²) in [5.41, 5.74) is 3.88. The summed E-state index contributed by atoms with van der Waals surface area (Å²) in [4.78, 5) is 20.0. The minimum absolute atomic E-state index is 0.175. The van der Waals surface area contributed by atoms with E-state index in [4.69, 9.17) is 14.7 Å². The Morgan fingerprint density at radius 3 is 2.45 bits per heavy atom. The molecule has 5 heterocycles. The highest BCUT2D eigenvalue weighted by Gasteiger charge is 2.26. The Morgan fingerprint density at radius 1 is 1.08 bits per heavy atom. The number of aryl methyl sites for hydroxylation is 1. The van der Waals surface area contributed by atoms with Gasteiger partial charge in [-0.3, -0.25) is 4.90 Å². The zero-order valence-electron chi connectivity index (χ0n) is 21.9. The van der Waals surface area contributed by atoms with Crippen molar-refractivity contribution < 1.29 is 21.6 Å². The summed E-state index contributed by atoms with van der Waals surface area (Å²) in [5, 5.41) is 0. The molecule has 0 radical (unpaired) electrons. The average Bonchev–Trinajstić information content (AvgIpc) is 3.19. The van der Waals surface area contributed by atoms with Crippen LogP contribution in [0.15, 0.2) is 12.3 Å². The van der Waals surface area contributed by atoms with Gasteiger partial charge in [-0.1, -0.05) is 0 Å². The Hall–Kier alpha value is -2.35. The van der Waals surface area contributed by atoms with Crippen LogP contribution < -0.4 is 9.64 Å². The first-order valence-corrected chi connectivity index (χ1v) is 17.4. The summed E-state index contributed by atoms with van der Waals surface area (Å²) in [6.07, 6.45) is 6.21. The zero-order valence-corrected chi connectivity index (χ0v) is 24.4. The molecule has 2 saturated heterocycles. The molecule has 2 aliphatic heterocycles. The first-order chi connectivity index (χ1) is 18.0. The molecule has 0 saturated carbocycles. The lowest BCUT2D eigenvalue weighted by Gasteiger charge is -2.28. The van der Waals surface area contributed by atoms with Crippen molar-refractivity contribution in [2.75, 3.05) is 56.0 Å². The molecular formula is C25H33N5O5S3. The van der Waals surface area contributed by atoms with Gasteiger partial charge in [-0.25, -0.2) is 31.8 Å². The average molecular weight is 580 g/mol. The summed E-state index contributed by atoms with van der Waals surface area (Å²) in [7, 11) is -4.80. The van der Waals surface area contributed by atoms with Crippen molar-refractivity contribution >= 4 is 47.2 Å². The number of ether oxygens (including phenoxy) is 1. The quantitative estimate of drug-likeness (QED) is 0.413. The van der Waals surface area contributed by atoms with E-state index in [1.54, 1.807) is 23.6 Å². The minimum atomic E-state index is -3.31. The highest BCUT2D eigenvalue weighted by atomic mass is 32.2. The molecule has 2 fully saturated rings. The molecular weight excluding hydrogens is 547 g/mol. The first-order valence-electron chi connectivity index (χ1n) is 12.7. The maximum atomic E-state index is 12.1. The van der Waals surface area contributed by atoms with Gasteiger partial charge in [-0.2, -0.15) is 0 Å². The van der Waals surface area contributed by atoms with Crippen LogP contribution in [0.1, 0.15) is 35.3 Å². The monoisotopic (exact) mass is 579 g/mol. The van der Waals surface area contributed by atoms with E-state index in [-0.39, 0.29) is 23.1 Å². The molecule has 0 N–H and O–H groups in total. The standard InChI is InChI=1S/C25H33N5O5S3/c1-17-20(15-29-9-11-38(33,34)12-10-29)22-23(36-17)21(27-25(28-22)30-7-5-4-6-8-30)18-13-19(16-37(3,31)32)24(35-2)26-14-18/h13-14H,4-12,15-16H2,1-3H3. The molecule has 2 aliphatic rings. The van der Waals surface area contributed by atoms with E-state index in [0.717, 1.165) is 52.3 Å². The molecule has 0 spiro atoms. The number of hydrogen-bond donors (Lipinski definition) is 0. The van der Waals surface area contributed by atoms with Gasteiger partial charge in [0.25, 0.3) is 0 Å². The topological polar surface area (TPSA) is 123 Å². The maximum Gasteiger partial charge on any atom is 0.226 e. The van der Waals surface area contributed by atoms with Gasteiger partial charge in [-0.15, -0.1) is 11.3 Å². The van der Waals surface area contributed by atoms with Gasteiger partial charge in [-0.05, 0) is 32.3 Å². The van der Waals surface area contributed by atoms with Crippen molar-refractivity contribution in [1.82, 2.24) is 19.9 Å². The SMILES string of the molecule is COc1ncc(-c2nc(N3CCCCC3)nc3c(CN4CCS(=O)(=O)CC4)c(C)sc23)cc1CS(C)(=O)=O. The number of nitrogens with zero attached hydrogens (tertiary/aromatic N) is 5. The second-order valence-corrected chi connectivity index (χ2v) is 15.8. The van der Waals surface area contributed by atoms with Gasteiger partial charge < -0.3 is 9.64 Å². The van der Waals surface area contributed by atoms with Crippen LogP contribution in [0.5, 0.6) is 5.88 Å². The Morgan fingerprint density at radius 2 is 1.79 bits per heavy atom. The van der Waals surface area contributed by atoms with Gasteiger partial charge in [0, 0.05) is 66.7 Å². The van der Waals surface area contributed by atoms with Crippen LogP contribution in [0.3, 0.4) is 0 Å². The number of pyridine rings is 1. The number of sulfone groups is 2. The highest BCUT2D eigenvalue weighted by Crippen LogP contribution is 2.39. The lowest BCUT2D eigenvalue weighted by molar-refractivity contribution is 0.288. The van der Waals surface area contributed by atoms with E-state index in [2.05, 4.69) is 21.7 Å². The van der Waals surface area contributed by atoms with E-state index in [0.29, 0.717) is 36.7 Å². The molecule has 0 aliphatic carbocycles. The highest BCUT2D eigenvalue weighted by molar-refractivity contribution is 7.91. The largest absolute Gasteiger partial charge is 0.481 e. The third kappa shape index (κ3) is 5.95. The van der Waals surface area contributed by atoms with Crippen molar-refractivity contribution in [1.29, 1.82) is 0 Å². The molecule has 0 bridgehead atoms. The Bertz CT molecular complexity index is 1550. The van der Waals surface area contributed by atoms with Crippen molar-refractivity contribution in [3.05, 3.63) is 28.3 Å². The third-order valence-electron chi connectivity index (χ3n) is 7.09. The summed E-state index contributed by atoms with van der Waals surface area (Å²) in [6.45, 7) is 5.47. The molecule has 0 amide bonds. The Kier molecular flexibility index (Phi) is 7.64. The molecule has 5 rings (SSSR count). The molecule has 13 heteroatoms. The Balaban J connectivity index is 1.63. The van der Waals surface area contributed by atoms with Crippen LogP contribution in [-0.4, -0.2) is 87.7 Å². The van der Waals surface area contributed by atoms with E-state index in [1.807, 2.05) is 0 Å². The summed E-state index contributed by atoms with van der Waals surface area (Å²) < 4.78 is 54.4. The van der Waals surface area contributed by atoms with Crippen molar-refractivity contribution in [2.45, 2.75) is 38.5 Å². The van der Waals surface area contributed by atoms with Crippen LogP contribution in [0.4, 0.5) is 5.95 Å². The fourth-order valence-electron chi connectivity index (χ4n) is 5.07. The lowest BCUT2D eigenvalue weighted by atomic mass is 10.1. The fourth-order valence-corrected chi connectivity index (χ4v) is 8.23. The lowest BCUT2D eigenvalue weighted by Crippen LogP contribution is -2.39. The maximum absolute atomic E-state index is 12.1. The molecule has 0 aromatic carbocycles. The number of piperidine rings is 1. The van der Waals surface area contributed by atoms with Crippen LogP contribution >= 0.6 is 11.3 Å². The smallest absolute Gasteiger partial charge is 0.226 e. The van der Waals surface area contributed by atoms with Crippen LogP contribution in [0, 0.1) is 6.92 Å². The summed E-state index contributed by atoms with van der Waals surface area (Å²) >= 11 is 1.61. The van der Waals surface area contributed by atoms with Crippen molar-refractivity contribution in [3.8, 4) is 17.1 Å². The van der Waals surface area contributed by atoms with Crippen LogP contribution in [0.25, 0.3) is 21.5 Å². The number of aromatic nitrogens is 3. The molecule has 10 nitrogen and oxygen atoms in total. The predicted molar refractivity (Wildman–Crippen MR) is 150 cm³/mol. The number of methoxy groups -OCH3 is 1. The van der Waals surface area contributed by atoms with Crippen molar-refractivity contribution in [3.63, 3.8) is 0 Å². The normalized spacial score (nSPS) is 18.7. The molecule has 0 atom stereocenters. The number of fused-ring (bicyclic) bond motifs is 1. The molecule has 3 aromatic heterocycles. The Labute approximate surface area is 227 Å². The summed E-state index contributed by atoms with van der Waals surface area (Å²) in [5.74, 6) is 1.11. The number of hydrogen-bond acceptors (Lipinski definition) is 11. The van der Waals surface area contributed by atoms with Gasteiger partial charge in [0.05, 0.1) is 40.3 Å². The number of anilines is 1. The second-order valence-electron chi connectivity index (χ2n) is 10.1. The number of rotatable bonds is 7. The number of thiophene rings is 1. The molecule has 0 unspecified atom stereocenters. The fraction of sp³-hybridized carbons (Fsp3) is 0.560. The third-order valence-corrected chi connectivity index (χ3v) is 10.7. The van der Waals surface area contributed by atoms with Gasteiger partial charge >= 0.3 is 0 Å². The predicted octanol–water partition coefficient (Wildman–Crippen LogP) is 2.84. The van der Waals surface area contributed by atoms with E-state index >= 15 is 0 Å². The summed E-state index contributed by atoms with van der Waals surface area (Å²) in [6, 6.07) is 1.80. The van der Waals surface area contributed by atoms with E-state index in [1.165, 1.54) is 19.8 Å². The van der Waals surface area contributed by atoms with Crippen LogP contribution in [0.2, 0.25) is 0 Å². The van der Waals surface area contributed by atoms with Gasteiger partial charge in [0.15, 0.2) is 19.7 Å². The molecule has 206 valence electrons. The van der Waals surface area contributed by atoms with Crippen LogP contribution in [-0.2, 0) is 32.0 Å². The molecule has 3 aromatic rings. The zero-order chi connectivity index (χ0) is 27.1. The van der Waals surface area contributed by atoms with Crippen molar-refractivity contribution in [2.24, 2.45) is 0 Å². The minimum Gasteiger partial charge on any atom is -0.481 e. The van der Waals surface area contributed by atoms with E-state index < -0.39 is 19.7 Å².